The van der Waals surface area contributed by atoms with Gasteiger partial charge in [0.1, 0.15) is 0 Å². The van der Waals surface area contributed by atoms with Gasteiger partial charge in [0.05, 0.1) is 17.8 Å². The summed E-state index contributed by atoms with van der Waals surface area (Å²) in [4.78, 5) is 0. The molecule has 0 heterocycles. The van der Waals surface area contributed by atoms with E-state index in [1.165, 1.54) is 5.57 Å². The van der Waals surface area contributed by atoms with E-state index in [1.807, 2.05) is 6.08 Å². The van der Waals surface area contributed by atoms with E-state index in [0.717, 1.165) is 12.8 Å². The zero-order chi connectivity index (χ0) is 13.7. The lowest BCUT2D eigenvalue weighted by molar-refractivity contribution is -0.0879. The fourth-order valence-corrected chi connectivity index (χ4v) is 3.74. The summed E-state index contributed by atoms with van der Waals surface area (Å²) in [5, 5.41) is 30.3. The number of fused-ring (bicyclic) bond motifs is 1. The Bertz CT molecular complexity index is 355. The molecule has 3 nitrogen and oxygen atoms in total. The first kappa shape index (κ1) is 14.0. The van der Waals surface area contributed by atoms with E-state index < -0.39 is 11.7 Å². The summed E-state index contributed by atoms with van der Waals surface area (Å²) in [6.45, 7) is 7.93. The number of aliphatic hydroxyl groups is 3. The van der Waals surface area contributed by atoms with Gasteiger partial charge in [-0.25, -0.2) is 0 Å². The second-order valence-corrected chi connectivity index (χ2v) is 7.05. The van der Waals surface area contributed by atoms with Crippen LogP contribution in [-0.2, 0) is 0 Å². The van der Waals surface area contributed by atoms with Gasteiger partial charge in [-0.1, -0.05) is 25.5 Å². The van der Waals surface area contributed by atoms with Gasteiger partial charge in [0.25, 0.3) is 0 Å². The zero-order valence-electron chi connectivity index (χ0n) is 11.8. The van der Waals surface area contributed by atoms with Gasteiger partial charge in [-0.3, -0.25) is 0 Å². The van der Waals surface area contributed by atoms with E-state index in [2.05, 4.69) is 13.8 Å². The largest absolute Gasteiger partial charge is 0.392 e. The number of aliphatic hydroxyl groups excluding tert-OH is 2. The highest BCUT2D eigenvalue weighted by atomic mass is 16.3. The lowest BCUT2D eigenvalue weighted by Gasteiger charge is -2.52. The van der Waals surface area contributed by atoms with Gasteiger partial charge in [0.15, 0.2) is 0 Å². The molecular formula is C15H26O3. The lowest BCUT2D eigenvalue weighted by Crippen LogP contribution is -2.50. The van der Waals surface area contributed by atoms with Crippen LogP contribution in [0.1, 0.15) is 47.0 Å². The maximum Gasteiger partial charge on any atom is 0.0726 e. The molecule has 1 fully saturated rings. The molecule has 0 bridgehead atoms. The molecule has 18 heavy (non-hydrogen) atoms. The van der Waals surface area contributed by atoms with Gasteiger partial charge in [-0.2, -0.15) is 0 Å². The minimum absolute atomic E-state index is 0.00310. The normalized spacial score (nSPS) is 45.4. The van der Waals surface area contributed by atoms with E-state index >= 15 is 0 Å². The Labute approximate surface area is 110 Å². The van der Waals surface area contributed by atoms with Crippen molar-refractivity contribution in [2.45, 2.75) is 64.8 Å². The molecular weight excluding hydrogens is 228 g/mol. The summed E-state index contributed by atoms with van der Waals surface area (Å²) in [5.74, 6) is 0.280. The standard InChI is InChI=1S/C15H26O3/c1-9-5-11(16)6-10-7-13(17)12(14(2,3)18)8-15(9,10)4/h6,9,11-13,16-18H,5,7-8H2,1-4H3. The van der Waals surface area contributed by atoms with E-state index in [-0.39, 0.29) is 17.4 Å². The molecule has 3 heteroatoms. The second kappa shape index (κ2) is 4.32. The van der Waals surface area contributed by atoms with Gasteiger partial charge in [-0.05, 0) is 44.4 Å². The molecule has 0 radical (unpaired) electrons. The molecule has 0 saturated heterocycles. The first-order valence-corrected chi connectivity index (χ1v) is 6.94. The molecule has 104 valence electrons. The first-order valence-electron chi connectivity index (χ1n) is 6.94. The molecule has 0 aromatic carbocycles. The summed E-state index contributed by atoms with van der Waals surface area (Å²) < 4.78 is 0. The van der Waals surface area contributed by atoms with Crippen LogP contribution >= 0.6 is 0 Å². The topological polar surface area (TPSA) is 60.7 Å². The Morgan fingerprint density at radius 1 is 1.33 bits per heavy atom. The molecule has 2 aliphatic rings. The van der Waals surface area contributed by atoms with Crippen molar-refractivity contribution >= 4 is 0 Å². The number of hydrogen-bond donors (Lipinski definition) is 3. The Kier molecular flexibility index (Phi) is 3.37. The SMILES string of the molecule is CC1CC(O)C=C2CC(O)C(C(C)(C)O)CC21C. The predicted octanol–water partition coefficient (Wildman–Crippen LogP) is 1.86. The van der Waals surface area contributed by atoms with Gasteiger partial charge >= 0.3 is 0 Å². The molecule has 0 amide bonds. The number of hydrogen-bond acceptors (Lipinski definition) is 3. The van der Waals surface area contributed by atoms with Crippen LogP contribution < -0.4 is 0 Å². The molecule has 2 aliphatic carbocycles. The molecule has 0 aliphatic heterocycles. The molecule has 0 aromatic heterocycles. The van der Waals surface area contributed by atoms with Crippen molar-refractivity contribution in [1.82, 2.24) is 0 Å². The Balaban J connectivity index is 2.33. The predicted molar refractivity (Wildman–Crippen MR) is 71.0 cm³/mol. The van der Waals surface area contributed by atoms with Crippen LogP contribution in [0.15, 0.2) is 11.6 Å². The third kappa shape index (κ3) is 2.24. The van der Waals surface area contributed by atoms with Gasteiger partial charge in [-0.15, -0.1) is 0 Å². The highest BCUT2D eigenvalue weighted by molar-refractivity contribution is 5.25. The maximum atomic E-state index is 10.2. The maximum absolute atomic E-state index is 10.2. The minimum Gasteiger partial charge on any atom is -0.392 e. The minimum atomic E-state index is -0.857. The van der Waals surface area contributed by atoms with Crippen LogP contribution in [0.25, 0.3) is 0 Å². The second-order valence-electron chi connectivity index (χ2n) is 7.05. The highest BCUT2D eigenvalue weighted by Gasteiger charge is 2.49. The van der Waals surface area contributed by atoms with Gasteiger partial charge in [0, 0.05) is 5.92 Å². The van der Waals surface area contributed by atoms with E-state index in [9.17, 15) is 15.3 Å². The van der Waals surface area contributed by atoms with Crippen LogP contribution in [0.2, 0.25) is 0 Å². The van der Waals surface area contributed by atoms with E-state index in [0.29, 0.717) is 12.3 Å². The Morgan fingerprint density at radius 3 is 2.50 bits per heavy atom. The highest BCUT2D eigenvalue weighted by Crippen LogP contribution is 2.53. The molecule has 3 N–H and O–H groups in total. The molecule has 0 spiro atoms. The van der Waals surface area contributed by atoms with Crippen molar-refractivity contribution in [3.63, 3.8) is 0 Å². The van der Waals surface area contributed by atoms with Crippen LogP contribution in [0.5, 0.6) is 0 Å². The van der Waals surface area contributed by atoms with Gasteiger partial charge in [0.2, 0.25) is 0 Å². The monoisotopic (exact) mass is 254 g/mol. The quantitative estimate of drug-likeness (QED) is 0.626. The Hall–Kier alpha value is -0.380. The Morgan fingerprint density at radius 2 is 1.94 bits per heavy atom. The average molecular weight is 254 g/mol. The summed E-state index contributed by atoms with van der Waals surface area (Å²) >= 11 is 0. The van der Waals surface area contributed by atoms with Crippen molar-refractivity contribution in [2.24, 2.45) is 17.3 Å². The van der Waals surface area contributed by atoms with Crippen LogP contribution in [-0.4, -0.2) is 33.1 Å². The molecule has 0 aromatic rings. The summed E-state index contributed by atoms with van der Waals surface area (Å²) in [7, 11) is 0. The average Bonchev–Trinajstić information content (AvgIpc) is 2.19. The van der Waals surface area contributed by atoms with Crippen molar-refractivity contribution in [3.8, 4) is 0 Å². The van der Waals surface area contributed by atoms with Gasteiger partial charge < -0.3 is 15.3 Å². The molecule has 5 atom stereocenters. The van der Waals surface area contributed by atoms with Crippen molar-refractivity contribution in [2.75, 3.05) is 0 Å². The lowest BCUT2D eigenvalue weighted by atomic mass is 9.55. The first-order chi connectivity index (χ1) is 8.14. The van der Waals surface area contributed by atoms with Crippen molar-refractivity contribution in [1.29, 1.82) is 0 Å². The summed E-state index contributed by atoms with van der Waals surface area (Å²) in [6, 6.07) is 0. The molecule has 5 unspecified atom stereocenters. The third-order valence-corrected chi connectivity index (χ3v) is 5.25. The van der Waals surface area contributed by atoms with Crippen LogP contribution in [0, 0.1) is 17.3 Å². The number of rotatable bonds is 1. The smallest absolute Gasteiger partial charge is 0.0726 e. The van der Waals surface area contributed by atoms with Crippen molar-refractivity contribution in [3.05, 3.63) is 11.6 Å². The summed E-state index contributed by atoms with van der Waals surface area (Å²) in [6.07, 6.45) is 3.17. The van der Waals surface area contributed by atoms with Crippen molar-refractivity contribution < 1.29 is 15.3 Å². The van der Waals surface area contributed by atoms with E-state index in [4.69, 9.17) is 0 Å². The van der Waals surface area contributed by atoms with Crippen LogP contribution in [0.3, 0.4) is 0 Å². The van der Waals surface area contributed by atoms with E-state index in [1.54, 1.807) is 13.8 Å². The van der Waals surface area contributed by atoms with Crippen LogP contribution in [0.4, 0.5) is 0 Å². The fraction of sp³-hybridized carbons (Fsp3) is 0.867. The summed E-state index contributed by atoms with van der Waals surface area (Å²) in [5.41, 5.74) is 0.314. The molecule has 2 rings (SSSR count). The fourth-order valence-electron chi connectivity index (χ4n) is 3.74. The third-order valence-electron chi connectivity index (χ3n) is 5.25. The molecule has 1 saturated carbocycles. The zero-order valence-corrected chi connectivity index (χ0v) is 11.8.